The maximum Gasteiger partial charge on any atom is 0.305 e. The van der Waals surface area contributed by atoms with E-state index in [1.807, 2.05) is 5.38 Å². The Labute approximate surface area is 124 Å². The minimum Gasteiger partial charge on any atom is -0.469 e. The van der Waals surface area contributed by atoms with Crippen LogP contribution in [0.3, 0.4) is 0 Å². The van der Waals surface area contributed by atoms with Gasteiger partial charge >= 0.3 is 5.97 Å². The van der Waals surface area contributed by atoms with Crippen molar-refractivity contribution in [1.29, 1.82) is 0 Å². The number of ether oxygens (including phenoxy) is 1. The summed E-state index contributed by atoms with van der Waals surface area (Å²) in [7, 11) is 1.42. The first-order valence-corrected chi connectivity index (χ1v) is 8.24. The molecule has 1 fully saturated rings. The second-order valence-corrected chi connectivity index (χ2v) is 6.72. The number of carbonyl (C=O) groups excluding carboxylic acids is 1. The van der Waals surface area contributed by atoms with Crippen molar-refractivity contribution < 1.29 is 9.53 Å². The van der Waals surface area contributed by atoms with Crippen LogP contribution >= 0.6 is 11.3 Å². The van der Waals surface area contributed by atoms with Crippen molar-refractivity contribution in [2.45, 2.75) is 52.0 Å². The fourth-order valence-electron chi connectivity index (χ4n) is 2.86. The van der Waals surface area contributed by atoms with Crippen LogP contribution in [-0.2, 0) is 16.0 Å². The number of nitrogens with zero attached hydrogens (tertiary/aromatic N) is 1. The molecule has 1 saturated carbocycles. The van der Waals surface area contributed by atoms with Gasteiger partial charge in [0.25, 0.3) is 0 Å². The van der Waals surface area contributed by atoms with E-state index in [4.69, 9.17) is 0 Å². The van der Waals surface area contributed by atoms with Crippen LogP contribution in [0.4, 0.5) is 5.13 Å². The Hall–Kier alpha value is -1.10. The van der Waals surface area contributed by atoms with Crippen molar-refractivity contribution in [3.8, 4) is 0 Å². The minimum atomic E-state index is -0.178. The summed E-state index contributed by atoms with van der Waals surface area (Å²) >= 11 is 1.63. The molecule has 0 bridgehead atoms. The molecule has 1 N–H and O–H groups in total. The fraction of sp³-hybridized carbons (Fsp3) is 0.733. The monoisotopic (exact) mass is 296 g/mol. The molecule has 2 rings (SSSR count). The van der Waals surface area contributed by atoms with Gasteiger partial charge in [0.15, 0.2) is 5.13 Å². The maximum absolute atomic E-state index is 11.1. The molecule has 0 saturated heterocycles. The van der Waals surface area contributed by atoms with E-state index in [1.54, 1.807) is 11.3 Å². The van der Waals surface area contributed by atoms with Gasteiger partial charge in [-0.1, -0.05) is 13.8 Å². The van der Waals surface area contributed by atoms with Crippen molar-refractivity contribution in [1.82, 2.24) is 4.98 Å². The molecule has 4 nitrogen and oxygen atoms in total. The number of nitrogens with one attached hydrogen (secondary N) is 1. The summed E-state index contributed by atoms with van der Waals surface area (Å²) in [6.07, 6.45) is 4.86. The topological polar surface area (TPSA) is 51.2 Å². The normalized spacial score (nSPS) is 26.2. The highest BCUT2D eigenvalue weighted by atomic mass is 32.1. The molecule has 0 spiro atoms. The molecule has 5 heteroatoms. The summed E-state index contributed by atoms with van der Waals surface area (Å²) in [6.45, 7) is 4.65. The van der Waals surface area contributed by atoms with E-state index in [0.29, 0.717) is 24.8 Å². The number of aryl methyl sites for hydroxylation is 1. The molecule has 0 amide bonds. The van der Waals surface area contributed by atoms with Crippen molar-refractivity contribution in [2.75, 3.05) is 12.4 Å². The Morgan fingerprint density at radius 1 is 1.50 bits per heavy atom. The number of carbonyl (C=O) groups is 1. The highest BCUT2D eigenvalue weighted by molar-refractivity contribution is 7.13. The third kappa shape index (κ3) is 4.20. The SMILES string of the molecule is COC(=O)CCc1csc(NC2CCC(C)CC2C)n1. The van der Waals surface area contributed by atoms with Gasteiger partial charge in [0.05, 0.1) is 19.2 Å². The number of hydrogen-bond acceptors (Lipinski definition) is 5. The van der Waals surface area contributed by atoms with Crippen molar-refractivity contribution in [2.24, 2.45) is 11.8 Å². The first-order chi connectivity index (χ1) is 9.58. The number of methoxy groups -OCH3 is 1. The molecular formula is C15H24N2O2S. The molecule has 1 aromatic rings. The molecule has 1 heterocycles. The Morgan fingerprint density at radius 2 is 2.30 bits per heavy atom. The van der Waals surface area contributed by atoms with Gasteiger partial charge in [0.2, 0.25) is 0 Å². The summed E-state index contributed by atoms with van der Waals surface area (Å²) in [4.78, 5) is 15.7. The first kappa shape index (κ1) is 15.3. The van der Waals surface area contributed by atoms with E-state index in [2.05, 4.69) is 28.9 Å². The number of aromatic nitrogens is 1. The molecule has 20 heavy (non-hydrogen) atoms. The smallest absolute Gasteiger partial charge is 0.305 e. The average molecular weight is 296 g/mol. The van der Waals surface area contributed by atoms with E-state index in [0.717, 1.165) is 16.7 Å². The minimum absolute atomic E-state index is 0.178. The number of esters is 1. The second kappa shape index (κ2) is 7.07. The molecule has 3 atom stereocenters. The van der Waals surface area contributed by atoms with E-state index in [-0.39, 0.29) is 5.97 Å². The number of hydrogen-bond donors (Lipinski definition) is 1. The van der Waals surface area contributed by atoms with Gasteiger partial charge in [-0.3, -0.25) is 4.79 Å². The molecule has 1 aliphatic carbocycles. The van der Waals surface area contributed by atoms with Crippen molar-refractivity contribution in [3.63, 3.8) is 0 Å². The fourth-order valence-corrected chi connectivity index (χ4v) is 3.67. The predicted octanol–water partition coefficient (Wildman–Crippen LogP) is 3.49. The second-order valence-electron chi connectivity index (χ2n) is 5.87. The Kier molecular flexibility index (Phi) is 5.40. The van der Waals surface area contributed by atoms with Crippen LogP contribution < -0.4 is 5.32 Å². The lowest BCUT2D eigenvalue weighted by Gasteiger charge is -2.33. The molecule has 1 aliphatic rings. The van der Waals surface area contributed by atoms with Crippen molar-refractivity contribution >= 4 is 22.4 Å². The lowest BCUT2D eigenvalue weighted by atomic mass is 9.80. The van der Waals surface area contributed by atoms with Crippen LogP contribution in [0.2, 0.25) is 0 Å². The zero-order chi connectivity index (χ0) is 14.5. The molecule has 1 aromatic heterocycles. The third-order valence-electron chi connectivity index (χ3n) is 4.11. The molecule has 0 radical (unpaired) electrons. The summed E-state index contributed by atoms with van der Waals surface area (Å²) in [5, 5.41) is 6.58. The third-order valence-corrected chi connectivity index (χ3v) is 4.93. The summed E-state index contributed by atoms with van der Waals surface area (Å²) < 4.78 is 4.65. The summed E-state index contributed by atoms with van der Waals surface area (Å²) in [5.74, 6) is 1.36. The van der Waals surface area contributed by atoms with Crippen LogP contribution in [0.1, 0.15) is 45.2 Å². The van der Waals surface area contributed by atoms with Gasteiger partial charge in [0, 0.05) is 17.8 Å². The molecular weight excluding hydrogens is 272 g/mol. The lowest BCUT2D eigenvalue weighted by molar-refractivity contribution is -0.140. The quantitative estimate of drug-likeness (QED) is 0.845. The van der Waals surface area contributed by atoms with E-state index >= 15 is 0 Å². The first-order valence-electron chi connectivity index (χ1n) is 7.36. The van der Waals surface area contributed by atoms with Gasteiger partial charge in [-0.05, 0) is 31.1 Å². The van der Waals surface area contributed by atoms with Gasteiger partial charge in [0.1, 0.15) is 0 Å². The zero-order valence-corrected chi connectivity index (χ0v) is 13.3. The van der Waals surface area contributed by atoms with Crippen LogP contribution in [0.15, 0.2) is 5.38 Å². The Morgan fingerprint density at radius 3 is 3.00 bits per heavy atom. The van der Waals surface area contributed by atoms with Gasteiger partial charge < -0.3 is 10.1 Å². The van der Waals surface area contributed by atoms with Gasteiger partial charge in [-0.25, -0.2) is 4.98 Å². The highest BCUT2D eigenvalue weighted by Gasteiger charge is 2.25. The summed E-state index contributed by atoms with van der Waals surface area (Å²) in [6, 6.07) is 0.533. The van der Waals surface area contributed by atoms with Gasteiger partial charge in [-0.15, -0.1) is 11.3 Å². The Balaban J connectivity index is 1.84. The van der Waals surface area contributed by atoms with E-state index in [9.17, 15) is 4.79 Å². The van der Waals surface area contributed by atoms with E-state index in [1.165, 1.54) is 26.4 Å². The number of anilines is 1. The molecule has 3 unspecified atom stereocenters. The summed E-state index contributed by atoms with van der Waals surface area (Å²) in [5.41, 5.74) is 0.972. The van der Waals surface area contributed by atoms with Crippen LogP contribution in [-0.4, -0.2) is 24.1 Å². The van der Waals surface area contributed by atoms with Gasteiger partial charge in [-0.2, -0.15) is 0 Å². The van der Waals surface area contributed by atoms with E-state index < -0.39 is 0 Å². The highest BCUT2D eigenvalue weighted by Crippen LogP contribution is 2.31. The van der Waals surface area contributed by atoms with Crippen LogP contribution in [0.25, 0.3) is 0 Å². The Bertz CT molecular complexity index is 447. The lowest BCUT2D eigenvalue weighted by Crippen LogP contribution is -2.32. The zero-order valence-electron chi connectivity index (χ0n) is 12.5. The predicted molar refractivity (Wildman–Crippen MR) is 82.0 cm³/mol. The standard InChI is InChI=1S/C15H24N2O2S/c1-10-4-6-13(11(2)8-10)17-15-16-12(9-20-15)5-7-14(18)19-3/h9-11,13H,4-8H2,1-3H3,(H,16,17). The van der Waals surface area contributed by atoms with Crippen LogP contribution in [0, 0.1) is 11.8 Å². The van der Waals surface area contributed by atoms with Crippen LogP contribution in [0.5, 0.6) is 0 Å². The largest absolute Gasteiger partial charge is 0.469 e. The maximum atomic E-state index is 11.1. The number of thiazole rings is 1. The number of rotatable bonds is 5. The molecule has 0 aromatic carbocycles. The molecule has 112 valence electrons. The molecule has 0 aliphatic heterocycles. The average Bonchev–Trinajstić information content (AvgIpc) is 2.87. The van der Waals surface area contributed by atoms with Crippen molar-refractivity contribution in [3.05, 3.63) is 11.1 Å².